The molecule has 2 N–H and O–H groups in total. The first kappa shape index (κ1) is 8.91. The molecule has 0 saturated heterocycles. The zero-order valence-electron chi connectivity index (χ0n) is 6.78. The molecule has 0 aromatic heterocycles. The standard InChI is InChI=1S/C9H8ClF2N/c10-6-4-7(11)5(3-8(6)12)9(13)1-2-9/h3-4H,1-2,13H2. The Morgan fingerprint density at radius 2 is 1.85 bits per heavy atom. The largest absolute Gasteiger partial charge is 0.321 e. The fourth-order valence-electron chi connectivity index (χ4n) is 1.31. The second-order valence-electron chi connectivity index (χ2n) is 3.40. The molecule has 13 heavy (non-hydrogen) atoms. The first-order valence-corrected chi connectivity index (χ1v) is 4.35. The molecule has 70 valence electrons. The second kappa shape index (κ2) is 2.66. The van der Waals surface area contributed by atoms with Crippen molar-refractivity contribution in [3.05, 3.63) is 34.4 Å². The molecule has 1 aliphatic rings. The smallest absolute Gasteiger partial charge is 0.142 e. The topological polar surface area (TPSA) is 26.0 Å². The summed E-state index contributed by atoms with van der Waals surface area (Å²) in [5.41, 5.74) is 5.31. The fourth-order valence-corrected chi connectivity index (χ4v) is 1.46. The van der Waals surface area contributed by atoms with E-state index < -0.39 is 17.2 Å². The summed E-state index contributed by atoms with van der Waals surface area (Å²) in [6, 6.07) is 2.06. The van der Waals surface area contributed by atoms with Gasteiger partial charge in [0.25, 0.3) is 0 Å². The molecule has 0 amide bonds. The lowest BCUT2D eigenvalue weighted by Gasteiger charge is -2.10. The van der Waals surface area contributed by atoms with E-state index in [1.165, 1.54) is 0 Å². The van der Waals surface area contributed by atoms with Gasteiger partial charge in [0.2, 0.25) is 0 Å². The maximum absolute atomic E-state index is 13.2. The summed E-state index contributed by atoms with van der Waals surface area (Å²) >= 11 is 5.40. The molecule has 0 unspecified atom stereocenters. The van der Waals surface area contributed by atoms with Gasteiger partial charge in [-0.3, -0.25) is 0 Å². The highest BCUT2D eigenvalue weighted by molar-refractivity contribution is 6.30. The van der Waals surface area contributed by atoms with Gasteiger partial charge in [-0.05, 0) is 25.0 Å². The number of hydrogen-bond donors (Lipinski definition) is 1. The molecule has 1 nitrogen and oxygen atoms in total. The summed E-state index contributed by atoms with van der Waals surface area (Å²) in [6.07, 6.45) is 1.40. The molecule has 0 aliphatic heterocycles. The van der Waals surface area contributed by atoms with Gasteiger partial charge in [-0.25, -0.2) is 8.78 Å². The van der Waals surface area contributed by atoms with E-state index in [-0.39, 0.29) is 10.6 Å². The Bertz CT molecular complexity index is 361. The van der Waals surface area contributed by atoms with Crippen LogP contribution in [0.2, 0.25) is 5.02 Å². The monoisotopic (exact) mass is 203 g/mol. The molecule has 0 bridgehead atoms. The lowest BCUT2D eigenvalue weighted by molar-refractivity contribution is 0.559. The van der Waals surface area contributed by atoms with Gasteiger partial charge in [0, 0.05) is 11.1 Å². The summed E-state index contributed by atoms with van der Waals surface area (Å²) in [5.74, 6) is -1.14. The van der Waals surface area contributed by atoms with Crippen molar-refractivity contribution in [1.29, 1.82) is 0 Å². The van der Waals surface area contributed by atoms with Crippen LogP contribution in [0.5, 0.6) is 0 Å². The normalized spacial score (nSPS) is 18.8. The Hall–Kier alpha value is -0.670. The van der Waals surface area contributed by atoms with Crippen molar-refractivity contribution in [2.75, 3.05) is 0 Å². The van der Waals surface area contributed by atoms with Gasteiger partial charge in [-0.1, -0.05) is 11.6 Å². The first-order chi connectivity index (χ1) is 6.03. The van der Waals surface area contributed by atoms with E-state index in [0.717, 1.165) is 12.1 Å². The van der Waals surface area contributed by atoms with Gasteiger partial charge >= 0.3 is 0 Å². The second-order valence-corrected chi connectivity index (χ2v) is 3.81. The molecule has 0 heterocycles. The first-order valence-electron chi connectivity index (χ1n) is 3.97. The highest BCUT2D eigenvalue weighted by Gasteiger charge is 2.42. The highest BCUT2D eigenvalue weighted by Crippen LogP contribution is 2.44. The van der Waals surface area contributed by atoms with E-state index in [0.29, 0.717) is 12.8 Å². The number of hydrogen-bond acceptors (Lipinski definition) is 1. The summed E-state index contributed by atoms with van der Waals surface area (Å²) < 4.78 is 26.2. The minimum absolute atomic E-state index is 0.203. The van der Waals surface area contributed by atoms with Gasteiger partial charge in [0.05, 0.1) is 5.02 Å². The minimum Gasteiger partial charge on any atom is -0.321 e. The van der Waals surface area contributed by atoms with E-state index in [1.807, 2.05) is 0 Å². The predicted octanol–water partition coefficient (Wildman–Crippen LogP) is 2.57. The minimum atomic E-state index is -0.657. The SMILES string of the molecule is NC1(c2cc(F)c(Cl)cc2F)CC1. The van der Waals surface area contributed by atoms with Crippen molar-refractivity contribution < 1.29 is 8.78 Å². The van der Waals surface area contributed by atoms with Gasteiger partial charge < -0.3 is 5.73 Å². The Labute approximate surface area is 79.5 Å². The number of benzene rings is 1. The molecule has 1 fully saturated rings. The molecule has 0 spiro atoms. The van der Waals surface area contributed by atoms with Crippen LogP contribution in [0, 0.1) is 11.6 Å². The Morgan fingerprint density at radius 1 is 1.23 bits per heavy atom. The number of rotatable bonds is 1. The average molecular weight is 204 g/mol. The van der Waals surface area contributed by atoms with E-state index >= 15 is 0 Å². The van der Waals surface area contributed by atoms with E-state index in [1.54, 1.807) is 0 Å². The average Bonchev–Trinajstić information content (AvgIpc) is 2.77. The quantitative estimate of drug-likeness (QED) is 0.698. The van der Waals surface area contributed by atoms with Crippen molar-refractivity contribution in [2.45, 2.75) is 18.4 Å². The van der Waals surface area contributed by atoms with E-state index in [9.17, 15) is 8.78 Å². The van der Waals surface area contributed by atoms with Crippen LogP contribution in [0.3, 0.4) is 0 Å². The van der Waals surface area contributed by atoms with Gasteiger partial charge in [-0.2, -0.15) is 0 Å². The van der Waals surface area contributed by atoms with Crippen LogP contribution in [0.15, 0.2) is 12.1 Å². The van der Waals surface area contributed by atoms with E-state index in [4.69, 9.17) is 17.3 Å². The van der Waals surface area contributed by atoms with Crippen molar-refractivity contribution >= 4 is 11.6 Å². The van der Waals surface area contributed by atoms with E-state index in [2.05, 4.69) is 0 Å². The summed E-state index contributed by atoms with van der Waals surface area (Å²) in [7, 11) is 0. The van der Waals surface area contributed by atoms with Crippen LogP contribution in [0.25, 0.3) is 0 Å². The maximum atomic E-state index is 13.2. The Balaban J connectivity index is 2.52. The third kappa shape index (κ3) is 1.42. The molecule has 1 saturated carbocycles. The zero-order valence-corrected chi connectivity index (χ0v) is 7.54. The number of halogens is 3. The third-order valence-electron chi connectivity index (χ3n) is 2.34. The molecule has 1 aromatic rings. The van der Waals surface area contributed by atoms with Crippen LogP contribution in [0.1, 0.15) is 18.4 Å². The molecular formula is C9H8ClF2N. The van der Waals surface area contributed by atoms with Crippen LogP contribution >= 0.6 is 11.6 Å². The lowest BCUT2D eigenvalue weighted by atomic mass is 10.1. The van der Waals surface area contributed by atoms with Crippen molar-refractivity contribution in [3.63, 3.8) is 0 Å². The molecule has 4 heteroatoms. The summed E-state index contributed by atoms with van der Waals surface area (Å²) in [6.45, 7) is 0. The molecule has 2 rings (SSSR count). The summed E-state index contributed by atoms with van der Waals surface area (Å²) in [5, 5.41) is -0.203. The van der Waals surface area contributed by atoms with Crippen LogP contribution in [-0.2, 0) is 5.54 Å². The highest BCUT2D eigenvalue weighted by atomic mass is 35.5. The Morgan fingerprint density at radius 3 is 2.38 bits per heavy atom. The van der Waals surface area contributed by atoms with Crippen molar-refractivity contribution in [2.24, 2.45) is 5.73 Å². The van der Waals surface area contributed by atoms with Gasteiger partial charge in [0.1, 0.15) is 11.6 Å². The Kier molecular flexibility index (Phi) is 1.82. The third-order valence-corrected chi connectivity index (χ3v) is 2.62. The predicted molar refractivity (Wildman–Crippen MR) is 46.5 cm³/mol. The molecular weight excluding hydrogens is 196 g/mol. The molecule has 1 aromatic carbocycles. The van der Waals surface area contributed by atoms with Crippen LogP contribution < -0.4 is 5.73 Å². The molecule has 0 radical (unpaired) electrons. The van der Waals surface area contributed by atoms with Gasteiger partial charge in [-0.15, -0.1) is 0 Å². The maximum Gasteiger partial charge on any atom is 0.142 e. The summed E-state index contributed by atoms with van der Waals surface area (Å²) in [4.78, 5) is 0. The van der Waals surface area contributed by atoms with Crippen LogP contribution in [-0.4, -0.2) is 0 Å². The van der Waals surface area contributed by atoms with Gasteiger partial charge in [0.15, 0.2) is 0 Å². The van der Waals surface area contributed by atoms with Crippen LogP contribution in [0.4, 0.5) is 8.78 Å². The molecule has 1 aliphatic carbocycles. The molecule has 0 atom stereocenters. The number of nitrogens with two attached hydrogens (primary N) is 1. The van der Waals surface area contributed by atoms with Crippen molar-refractivity contribution in [3.8, 4) is 0 Å². The fraction of sp³-hybridized carbons (Fsp3) is 0.333. The zero-order chi connectivity index (χ0) is 9.64. The lowest BCUT2D eigenvalue weighted by Crippen LogP contribution is -2.20. The van der Waals surface area contributed by atoms with Crippen molar-refractivity contribution in [1.82, 2.24) is 0 Å².